The second kappa shape index (κ2) is 2.27. The second-order valence-corrected chi connectivity index (χ2v) is 3.39. The Kier molecular flexibility index (Phi) is 1.78. The molecule has 1 saturated heterocycles. The van der Waals surface area contributed by atoms with Gasteiger partial charge in [0.05, 0.1) is 18.8 Å². The van der Waals surface area contributed by atoms with Gasteiger partial charge < -0.3 is 9.47 Å². The number of ether oxygens (including phenoxy) is 2. The van der Waals surface area contributed by atoms with E-state index in [2.05, 4.69) is 20.8 Å². The predicted molar refractivity (Wildman–Crippen MR) is 35.4 cm³/mol. The molecule has 0 aromatic rings. The van der Waals surface area contributed by atoms with E-state index in [4.69, 9.17) is 9.47 Å². The van der Waals surface area contributed by atoms with Crippen LogP contribution in [0.5, 0.6) is 0 Å². The van der Waals surface area contributed by atoms with Gasteiger partial charge >= 0.3 is 0 Å². The van der Waals surface area contributed by atoms with Gasteiger partial charge in [0.2, 0.25) is 0 Å². The average Bonchev–Trinajstić information content (AvgIpc) is 1.53. The minimum Gasteiger partial charge on any atom is -0.376 e. The average molecular weight is 130 g/mol. The van der Waals surface area contributed by atoms with Crippen molar-refractivity contribution in [3.05, 3.63) is 0 Å². The molecular formula is C7H14O2. The van der Waals surface area contributed by atoms with E-state index >= 15 is 0 Å². The standard InChI is InChI=1S/C7H14O2/c1-7(2,3)9-6-4-8-5-6/h6H,4-5H2,1-3H3. The summed E-state index contributed by atoms with van der Waals surface area (Å²) in [4.78, 5) is 0. The van der Waals surface area contributed by atoms with Gasteiger partial charge in [-0.1, -0.05) is 0 Å². The largest absolute Gasteiger partial charge is 0.376 e. The quantitative estimate of drug-likeness (QED) is 0.531. The van der Waals surface area contributed by atoms with Crippen molar-refractivity contribution in [3.63, 3.8) is 0 Å². The van der Waals surface area contributed by atoms with Crippen LogP contribution in [0.25, 0.3) is 0 Å². The molecule has 0 N–H and O–H groups in total. The Morgan fingerprint density at radius 3 is 2.00 bits per heavy atom. The summed E-state index contributed by atoms with van der Waals surface area (Å²) >= 11 is 0. The molecule has 0 saturated carbocycles. The van der Waals surface area contributed by atoms with E-state index in [-0.39, 0.29) is 5.60 Å². The van der Waals surface area contributed by atoms with Crippen molar-refractivity contribution < 1.29 is 9.47 Å². The maximum absolute atomic E-state index is 5.55. The topological polar surface area (TPSA) is 18.5 Å². The molecule has 0 radical (unpaired) electrons. The summed E-state index contributed by atoms with van der Waals surface area (Å²) in [5, 5.41) is 0. The van der Waals surface area contributed by atoms with Crippen molar-refractivity contribution >= 4 is 0 Å². The zero-order valence-corrected chi connectivity index (χ0v) is 6.31. The van der Waals surface area contributed by atoms with E-state index in [1.807, 2.05) is 0 Å². The van der Waals surface area contributed by atoms with E-state index in [1.165, 1.54) is 0 Å². The molecule has 0 aromatic heterocycles. The van der Waals surface area contributed by atoms with E-state index in [0.717, 1.165) is 13.2 Å². The van der Waals surface area contributed by atoms with Crippen molar-refractivity contribution in [1.82, 2.24) is 0 Å². The van der Waals surface area contributed by atoms with Gasteiger partial charge in [0.15, 0.2) is 0 Å². The molecule has 0 aromatic carbocycles. The highest BCUT2D eigenvalue weighted by atomic mass is 16.6. The Labute approximate surface area is 56.2 Å². The van der Waals surface area contributed by atoms with Gasteiger partial charge in [-0.25, -0.2) is 0 Å². The second-order valence-electron chi connectivity index (χ2n) is 3.39. The summed E-state index contributed by atoms with van der Waals surface area (Å²) in [5.74, 6) is 0. The smallest absolute Gasteiger partial charge is 0.105 e. The maximum Gasteiger partial charge on any atom is 0.105 e. The van der Waals surface area contributed by atoms with Gasteiger partial charge in [0.25, 0.3) is 0 Å². The number of rotatable bonds is 1. The molecule has 0 amide bonds. The first-order chi connectivity index (χ1) is 4.08. The molecule has 0 aliphatic carbocycles. The Hall–Kier alpha value is -0.0800. The van der Waals surface area contributed by atoms with Crippen LogP contribution in [0.4, 0.5) is 0 Å². The van der Waals surface area contributed by atoms with Crippen LogP contribution in [0, 0.1) is 0 Å². The third-order valence-corrected chi connectivity index (χ3v) is 1.13. The monoisotopic (exact) mass is 130 g/mol. The molecular weight excluding hydrogens is 116 g/mol. The van der Waals surface area contributed by atoms with Gasteiger partial charge in [-0.2, -0.15) is 0 Å². The van der Waals surface area contributed by atoms with Crippen molar-refractivity contribution in [2.45, 2.75) is 32.5 Å². The first kappa shape index (κ1) is 7.03. The molecule has 1 heterocycles. The summed E-state index contributed by atoms with van der Waals surface area (Å²) in [6.45, 7) is 7.73. The fraction of sp³-hybridized carbons (Fsp3) is 1.00. The van der Waals surface area contributed by atoms with Gasteiger partial charge in [-0.3, -0.25) is 0 Å². The Bertz CT molecular complexity index is 89.6. The molecule has 0 atom stereocenters. The molecule has 1 fully saturated rings. The Morgan fingerprint density at radius 2 is 1.89 bits per heavy atom. The molecule has 2 nitrogen and oxygen atoms in total. The molecule has 1 aliphatic heterocycles. The lowest BCUT2D eigenvalue weighted by Crippen LogP contribution is -2.41. The number of hydrogen-bond donors (Lipinski definition) is 0. The highest BCUT2D eigenvalue weighted by Gasteiger charge is 2.24. The van der Waals surface area contributed by atoms with Gasteiger partial charge in [-0.15, -0.1) is 0 Å². The van der Waals surface area contributed by atoms with Crippen molar-refractivity contribution in [2.75, 3.05) is 13.2 Å². The summed E-state index contributed by atoms with van der Waals surface area (Å²) in [6, 6.07) is 0. The predicted octanol–water partition coefficient (Wildman–Crippen LogP) is 1.20. The third kappa shape index (κ3) is 2.33. The molecule has 0 bridgehead atoms. The first-order valence-electron chi connectivity index (χ1n) is 3.33. The maximum atomic E-state index is 5.55. The fourth-order valence-corrected chi connectivity index (χ4v) is 0.782. The number of hydrogen-bond acceptors (Lipinski definition) is 2. The van der Waals surface area contributed by atoms with Crippen molar-refractivity contribution in [1.29, 1.82) is 0 Å². The van der Waals surface area contributed by atoms with Crippen LogP contribution in [-0.2, 0) is 9.47 Å². The Balaban J connectivity index is 2.16. The van der Waals surface area contributed by atoms with Crippen LogP contribution in [0.15, 0.2) is 0 Å². The van der Waals surface area contributed by atoms with Crippen LogP contribution in [0.3, 0.4) is 0 Å². The van der Waals surface area contributed by atoms with Gasteiger partial charge in [-0.05, 0) is 20.8 Å². The summed E-state index contributed by atoms with van der Waals surface area (Å²) in [5.41, 5.74) is -0.00551. The van der Waals surface area contributed by atoms with Crippen LogP contribution < -0.4 is 0 Å². The summed E-state index contributed by atoms with van der Waals surface area (Å²) in [6.07, 6.45) is 0.352. The minimum atomic E-state index is -0.00551. The molecule has 1 aliphatic rings. The highest BCUT2D eigenvalue weighted by Crippen LogP contribution is 2.15. The summed E-state index contributed by atoms with van der Waals surface area (Å²) in [7, 11) is 0. The van der Waals surface area contributed by atoms with Gasteiger partial charge in [0, 0.05) is 0 Å². The van der Waals surface area contributed by atoms with Crippen LogP contribution in [0.2, 0.25) is 0 Å². The highest BCUT2D eigenvalue weighted by molar-refractivity contribution is 4.70. The SMILES string of the molecule is CC(C)(C)OC1COC1. The first-order valence-corrected chi connectivity index (χ1v) is 3.33. The van der Waals surface area contributed by atoms with Crippen LogP contribution in [0.1, 0.15) is 20.8 Å². The van der Waals surface area contributed by atoms with E-state index in [0.29, 0.717) is 6.10 Å². The molecule has 2 heteroatoms. The van der Waals surface area contributed by atoms with Crippen LogP contribution in [-0.4, -0.2) is 24.9 Å². The lowest BCUT2D eigenvalue weighted by atomic mass is 10.2. The molecule has 0 unspecified atom stereocenters. The molecule has 9 heavy (non-hydrogen) atoms. The van der Waals surface area contributed by atoms with E-state index in [9.17, 15) is 0 Å². The van der Waals surface area contributed by atoms with E-state index in [1.54, 1.807) is 0 Å². The fourth-order valence-electron chi connectivity index (χ4n) is 0.782. The normalized spacial score (nSPS) is 21.7. The zero-order chi connectivity index (χ0) is 6.91. The zero-order valence-electron chi connectivity index (χ0n) is 6.31. The van der Waals surface area contributed by atoms with Crippen molar-refractivity contribution in [2.24, 2.45) is 0 Å². The summed E-state index contributed by atoms with van der Waals surface area (Å²) < 4.78 is 10.5. The third-order valence-electron chi connectivity index (χ3n) is 1.13. The lowest BCUT2D eigenvalue weighted by molar-refractivity contribution is -0.176. The molecule has 1 rings (SSSR count). The van der Waals surface area contributed by atoms with E-state index < -0.39 is 0 Å². The minimum absolute atomic E-state index is 0.00551. The van der Waals surface area contributed by atoms with Gasteiger partial charge in [0.1, 0.15) is 6.10 Å². The van der Waals surface area contributed by atoms with Crippen LogP contribution >= 0.6 is 0 Å². The molecule has 0 spiro atoms. The Morgan fingerprint density at radius 1 is 1.33 bits per heavy atom. The lowest BCUT2D eigenvalue weighted by Gasteiger charge is -2.32. The van der Waals surface area contributed by atoms with Crippen molar-refractivity contribution in [3.8, 4) is 0 Å². The molecule has 54 valence electrons.